The van der Waals surface area contributed by atoms with Crippen LogP contribution in [-0.2, 0) is 16.4 Å². The van der Waals surface area contributed by atoms with Gasteiger partial charge in [0.2, 0.25) is 10.0 Å². The van der Waals surface area contributed by atoms with Crippen molar-refractivity contribution in [2.45, 2.75) is 11.3 Å². The molecule has 1 aromatic rings. The van der Waals surface area contributed by atoms with E-state index in [1.807, 2.05) is 0 Å². The topological polar surface area (TPSA) is 37.4 Å². The predicted molar refractivity (Wildman–Crippen MR) is 61.7 cm³/mol. The number of halogens is 1. The Labute approximate surface area is 95.7 Å². The molecule has 0 bridgehead atoms. The normalized spacial score (nSPS) is 12.0. The van der Waals surface area contributed by atoms with Crippen molar-refractivity contribution in [3.05, 3.63) is 29.8 Å². The van der Waals surface area contributed by atoms with Crippen LogP contribution in [0.3, 0.4) is 0 Å². The molecule has 0 atom stereocenters. The highest BCUT2D eigenvalue weighted by Gasteiger charge is 2.16. The summed E-state index contributed by atoms with van der Waals surface area (Å²) in [7, 11) is -0.276. The first-order valence-electron chi connectivity index (χ1n) is 4.56. The highest BCUT2D eigenvalue weighted by Crippen LogP contribution is 2.14. The van der Waals surface area contributed by atoms with Gasteiger partial charge in [0.15, 0.2) is 0 Å². The van der Waals surface area contributed by atoms with Crippen LogP contribution in [0.5, 0.6) is 0 Å². The Morgan fingerprint density at radius 3 is 2.13 bits per heavy atom. The lowest BCUT2D eigenvalue weighted by atomic mass is 10.2. The largest absolute Gasteiger partial charge is 0.242 e. The van der Waals surface area contributed by atoms with Crippen LogP contribution in [0.15, 0.2) is 29.2 Å². The summed E-state index contributed by atoms with van der Waals surface area (Å²) >= 11 is 5.59. The van der Waals surface area contributed by atoms with Gasteiger partial charge in [-0.2, -0.15) is 0 Å². The van der Waals surface area contributed by atoms with Gasteiger partial charge in [-0.25, -0.2) is 12.7 Å². The highest BCUT2D eigenvalue weighted by atomic mass is 35.5. The molecule has 0 saturated carbocycles. The Kier molecular flexibility index (Phi) is 4.13. The second kappa shape index (κ2) is 4.96. The van der Waals surface area contributed by atoms with Crippen molar-refractivity contribution in [3.63, 3.8) is 0 Å². The molecule has 84 valence electrons. The first-order chi connectivity index (χ1) is 6.98. The highest BCUT2D eigenvalue weighted by molar-refractivity contribution is 7.89. The molecular formula is C10H14ClNO2S. The van der Waals surface area contributed by atoms with Gasteiger partial charge >= 0.3 is 0 Å². The van der Waals surface area contributed by atoms with Crippen LogP contribution in [0.25, 0.3) is 0 Å². The van der Waals surface area contributed by atoms with Gasteiger partial charge in [0.05, 0.1) is 4.90 Å². The quantitative estimate of drug-likeness (QED) is 0.760. The second-order valence-electron chi connectivity index (χ2n) is 3.37. The number of rotatable bonds is 4. The number of hydrogen-bond acceptors (Lipinski definition) is 2. The average Bonchev–Trinajstić information content (AvgIpc) is 2.19. The van der Waals surface area contributed by atoms with Gasteiger partial charge in [0.25, 0.3) is 0 Å². The lowest BCUT2D eigenvalue weighted by Gasteiger charge is -2.11. The third kappa shape index (κ3) is 2.93. The van der Waals surface area contributed by atoms with Crippen molar-refractivity contribution in [1.82, 2.24) is 4.31 Å². The fraction of sp³-hybridized carbons (Fsp3) is 0.400. The van der Waals surface area contributed by atoms with E-state index in [4.69, 9.17) is 11.6 Å². The van der Waals surface area contributed by atoms with Crippen molar-refractivity contribution >= 4 is 21.6 Å². The lowest BCUT2D eigenvalue weighted by Crippen LogP contribution is -2.22. The molecule has 0 amide bonds. The number of benzene rings is 1. The molecule has 0 radical (unpaired) electrons. The third-order valence-electron chi connectivity index (χ3n) is 2.09. The molecule has 0 heterocycles. The summed E-state index contributed by atoms with van der Waals surface area (Å²) < 4.78 is 24.6. The summed E-state index contributed by atoms with van der Waals surface area (Å²) in [4.78, 5) is 0.311. The molecule has 0 aliphatic carbocycles. The molecule has 5 heteroatoms. The first kappa shape index (κ1) is 12.5. The van der Waals surface area contributed by atoms with Gasteiger partial charge in [0, 0.05) is 20.0 Å². The predicted octanol–water partition coefficient (Wildman–Crippen LogP) is 1.72. The SMILES string of the molecule is CN(C)S(=O)(=O)c1ccc(CCCl)cc1. The zero-order valence-corrected chi connectivity index (χ0v) is 10.3. The van der Waals surface area contributed by atoms with E-state index in [1.54, 1.807) is 24.3 Å². The molecule has 1 aromatic carbocycles. The van der Waals surface area contributed by atoms with Gasteiger partial charge in [-0.3, -0.25) is 0 Å². The summed E-state index contributed by atoms with van der Waals surface area (Å²) in [6.07, 6.45) is 0.754. The van der Waals surface area contributed by atoms with E-state index in [0.29, 0.717) is 10.8 Å². The molecule has 0 aliphatic rings. The molecule has 15 heavy (non-hydrogen) atoms. The zero-order chi connectivity index (χ0) is 11.5. The lowest BCUT2D eigenvalue weighted by molar-refractivity contribution is 0.520. The van der Waals surface area contributed by atoms with E-state index in [0.717, 1.165) is 12.0 Å². The van der Waals surface area contributed by atoms with E-state index >= 15 is 0 Å². The number of aryl methyl sites for hydroxylation is 1. The van der Waals surface area contributed by atoms with E-state index < -0.39 is 10.0 Å². The van der Waals surface area contributed by atoms with Gasteiger partial charge in [-0.1, -0.05) is 12.1 Å². The van der Waals surface area contributed by atoms with E-state index in [9.17, 15) is 8.42 Å². The maximum Gasteiger partial charge on any atom is 0.242 e. The molecule has 0 spiro atoms. The Bertz CT molecular complexity index is 412. The number of hydrogen-bond donors (Lipinski definition) is 0. The van der Waals surface area contributed by atoms with Crippen molar-refractivity contribution in [3.8, 4) is 0 Å². The van der Waals surface area contributed by atoms with E-state index in [1.165, 1.54) is 18.4 Å². The Morgan fingerprint density at radius 1 is 1.20 bits per heavy atom. The zero-order valence-electron chi connectivity index (χ0n) is 8.77. The number of alkyl halides is 1. The maximum absolute atomic E-state index is 11.7. The van der Waals surface area contributed by atoms with Gasteiger partial charge in [-0.15, -0.1) is 11.6 Å². The Morgan fingerprint density at radius 2 is 1.73 bits per heavy atom. The second-order valence-corrected chi connectivity index (χ2v) is 5.90. The summed E-state index contributed by atoms with van der Waals surface area (Å²) in [5.74, 6) is 0.541. The van der Waals surface area contributed by atoms with E-state index in [2.05, 4.69) is 0 Å². The minimum atomic E-state index is -3.31. The van der Waals surface area contributed by atoms with Crippen molar-refractivity contribution in [1.29, 1.82) is 0 Å². The molecule has 0 aromatic heterocycles. The molecule has 0 unspecified atom stereocenters. The Balaban J connectivity index is 2.99. The molecule has 3 nitrogen and oxygen atoms in total. The monoisotopic (exact) mass is 247 g/mol. The molecule has 1 rings (SSSR count). The van der Waals surface area contributed by atoms with Crippen LogP contribution in [0, 0.1) is 0 Å². The standard InChI is InChI=1S/C10H14ClNO2S/c1-12(2)15(13,14)10-5-3-9(4-6-10)7-8-11/h3-6H,7-8H2,1-2H3. The molecule has 0 N–H and O–H groups in total. The van der Waals surface area contributed by atoms with Crippen LogP contribution in [0.1, 0.15) is 5.56 Å². The van der Waals surface area contributed by atoms with Gasteiger partial charge < -0.3 is 0 Å². The van der Waals surface area contributed by atoms with Crippen LogP contribution in [0.2, 0.25) is 0 Å². The Hall–Kier alpha value is -0.580. The smallest absolute Gasteiger partial charge is 0.207 e. The van der Waals surface area contributed by atoms with Crippen molar-refractivity contribution in [2.24, 2.45) is 0 Å². The van der Waals surface area contributed by atoms with Crippen LogP contribution < -0.4 is 0 Å². The molecule has 0 aliphatic heterocycles. The first-order valence-corrected chi connectivity index (χ1v) is 6.53. The van der Waals surface area contributed by atoms with Crippen molar-refractivity contribution in [2.75, 3.05) is 20.0 Å². The number of nitrogens with zero attached hydrogens (tertiary/aromatic N) is 1. The van der Waals surface area contributed by atoms with Crippen LogP contribution in [0.4, 0.5) is 0 Å². The minimum absolute atomic E-state index is 0.311. The summed E-state index contributed by atoms with van der Waals surface area (Å²) in [5, 5.41) is 0. The van der Waals surface area contributed by atoms with Gasteiger partial charge in [-0.05, 0) is 24.1 Å². The maximum atomic E-state index is 11.7. The molecule has 0 saturated heterocycles. The summed E-state index contributed by atoms with van der Waals surface area (Å²) in [5.41, 5.74) is 1.04. The van der Waals surface area contributed by atoms with E-state index in [-0.39, 0.29) is 0 Å². The molecular weight excluding hydrogens is 234 g/mol. The summed E-state index contributed by atoms with van der Waals surface area (Å²) in [6, 6.07) is 6.80. The van der Waals surface area contributed by atoms with Crippen molar-refractivity contribution < 1.29 is 8.42 Å². The fourth-order valence-corrected chi connectivity index (χ4v) is 2.27. The third-order valence-corrected chi connectivity index (χ3v) is 4.10. The average molecular weight is 248 g/mol. The minimum Gasteiger partial charge on any atom is -0.207 e. The van der Waals surface area contributed by atoms with Crippen LogP contribution in [-0.4, -0.2) is 32.7 Å². The molecule has 0 fully saturated rings. The fourth-order valence-electron chi connectivity index (χ4n) is 1.15. The van der Waals surface area contributed by atoms with Gasteiger partial charge in [0.1, 0.15) is 0 Å². The number of sulfonamides is 1. The van der Waals surface area contributed by atoms with Crippen LogP contribution >= 0.6 is 11.6 Å². The summed E-state index contributed by atoms with van der Waals surface area (Å²) in [6.45, 7) is 0.